The molecule has 0 radical (unpaired) electrons. The molecule has 1 aliphatic heterocycles. The van der Waals surface area contributed by atoms with Gasteiger partial charge in [-0.15, -0.1) is 0 Å². The van der Waals surface area contributed by atoms with Crippen molar-refractivity contribution in [1.29, 1.82) is 0 Å². The summed E-state index contributed by atoms with van der Waals surface area (Å²) >= 11 is 0. The van der Waals surface area contributed by atoms with Crippen molar-refractivity contribution in [2.45, 2.75) is 65.1 Å². The van der Waals surface area contributed by atoms with Gasteiger partial charge in [-0.2, -0.15) is 0 Å². The quantitative estimate of drug-likeness (QED) is 0.650. The molecule has 6 nitrogen and oxygen atoms in total. The van der Waals surface area contributed by atoms with Crippen molar-refractivity contribution in [3.8, 4) is 0 Å². The van der Waals surface area contributed by atoms with Crippen LogP contribution in [-0.4, -0.2) is 59.1 Å². The Hall–Kier alpha value is -0.690. The van der Waals surface area contributed by atoms with Gasteiger partial charge in [0.2, 0.25) is 12.3 Å². The van der Waals surface area contributed by atoms with Crippen LogP contribution in [0.2, 0.25) is 0 Å². The fourth-order valence-corrected chi connectivity index (χ4v) is 2.00. The average molecular weight is 287 g/mol. The molecule has 0 aromatic carbocycles. The van der Waals surface area contributed by atoms with E-state index in [1.165, 1.54) is 0 Å². The van der Waals surface area contributed by atoms with Crippen LogP contribution in [0, 0.1) is 0 Å². The molecule has 1 aliphatic rings. The number of carbonyl (C=O) groups excluding carboxylic acids is 1. The Balaban J connectivity index is 2.56. The summed E-state index contributed by atoms with van der Waals surface area (Å²) in [6.07, 6.45) is -0.984. The molecule has 3 N–H and O–H groups in total. The summed E-state index contributed by atoms with van der Waals surface area (Å²) in [6.45, 7) is 13.2. The smallest absolute Gasteiger partial charge is 0.238 e. The summed E-state index contributed by atoms with van der Waals surface area (Å²) in [4.78, 5) is 13.9. The van der Waals surface area contributed by atoms with Crippen molar-refractivity contribution < 1.29 is 14.6 Å². The number of nitrogens with zero attached hydrogens (tertiary/aromatic N) is 1. The normalized spacial score (nSPS) is 23.4. The van der Waals surface area contributed by atoms with E-state index in [2.05, 4.69) is 10.6 Å². The van der Waals surface area contributed by atoms with Crippen LogP contribution in [0.3, 0.4) is 0 Å². The van der Waals surface area contributed by atoms with Crippen LogP contribution in [0.1, 0.15) is 41.5 Å². The van der Waals surface area contributed by atoms with Crippen molar-refractivity contribution in [2.24, 2.45) is 0 Å². The van der Waals surface area contributed by atoms with E-state index in [0.29, 0.717) is 19.6 Å². The number of nitrogens with one attached hydrogen (secondary N) is 2. The van der Waals surface area contributed by atoms with E-state index in [9.17, 15) is 9.90 Å². The van der Waals surface area contributed by atoms with Crippen molar-refractivity contribution in [3.63, 3.8) is 0 Å². The lowest BCUT2D eigenvalue weighted by Crippen LogP contribution is -2.61. The molecule has 1 unspecified atom stereocenters. The lowest BCUT2D eigenvalue weighted by molar-refractivity contribution is -0.242. The number of hydrogen-bond acceptors (Lipinski definition) is 5. The number of carbonyl (C=O) groups is 1. The Morgan fingerprint density at radius 3 is 2.45 bits per heavy atom. The van der Waals surface area contributed by atoms with Gasteiger partial charge in [0, 0.05) is 25.2 Å². The van der Waals surface area contributed by atoms with Crippen molar-refractivity contribution >= 4 is 5.91 Å². The first-order valence-electron chi connectivity index (χ1n) is 7.13. The van der Waals surface area contributed by atoms with Gasteiger partial charge in [0.15, 0.2) is 0 Å². The molecule has 1 heterocycles. The molecule has 1 fully saturated rings. The van der Waals surface area contributed by atoms with Crippen LogP contribution in [0.15, 0.2) is 0 Å². The number of ether oxygens (including phenoxy) is 1. The summed E-state index contributed by atoms with van der Waals surface area (Å²) in [5, 5.41) is 16.2. The zero-order chi connectivity index (χ0) is 15.6. The van der Waals surface area contributed by atoms with Crippen molar-refractivity contribution in [2.75, 3.05) is 19.6 Å². The minimum absolute atomic E-state index is 0.0508. The maximum absolute atomic E-state index is 12.1. The number of hydrogen-bond donors (Lipinski definition) is 3. The lowest BCUT2D eigenvalue weighted by atomic mass is 10.1. The van der Waals surface area contributed by atoms with E-state index in [0.717, 1.165) is 0 Å². The highest BCUT2D eigenvalue weighted by Gasteiger charge is 2.32. The molecular weight excluding hydrogens is 258 g/mol. The molecule has 2 atom stereocenters. The first-order valence-corrected chi connectivity index (χ1v) is 7.13. The second-order valence-electron chi connectivity index (χ2n) is 7.30. The topological polar surface area (TPSA) is 73.8 Å². The fourth-order valence-electron chi connectivity index (χ4n) is 2.00. The van der Waals surface area contributed by atoms with Gasteiger partial charge in [-0.3, -0.25) is 9.69 Å². The second-order valence-corrected chi connectivity index (χ2v) is 7.30. The van der Waals surface area contributed by atoms with E-state index >= 15 is 0 Å². The standard InChI is InChI=1S/C14H29N3O3/c1-13(2,3)16-11(18)10-9-17(8-7-15-10)12(19)20-14(4,5)6/h10,12,15,19H,7-9H2,1-6H3,(H,16,18)/t10-,12?/m1/s1. The van der Waals surface area contributed by atoms with Gasteiger partial charge in [0.1, 0.15) is 0 Å². The number of piperazine rings is 1. The highest BCUT2D eigenvalue weighted by Crippen LogP contribution is 2.14. The number of rotatable bonds is 3. The predicted octanol–water partition coefficient (Wildman–Crippen LogP) is 0.266. The summed E-state index contributed by atoms with van der Waals surface area (Å²) < 4.78 is 5.53. The molecule has 0 saturated carbocycles. The first-order chi connectivity index (χ1) is 8.98. The molecule has 118 valence electrons. The molecule has 6 heteroatoms. The molecular formula is C14H29N3O3. The van der Waals surface area contributed by atoms with Crippen molar-refractivity contribution in [3.05, 3.63) is 0 Å². The third kappa shape index (κ3) is 6.17. The SMILES string of the molecule is CC(C)(C)NC(=O)[C@H]1CN(C(O)OC(C)(C)C)CCN1. The summed E-state index contributed by atoms with van der Waals surface area (Å²) in [7, 11) is 0. The van der Waals surface area contributed by atoms with E-state index in [4.69, 9.17) is 4.74 Å². The maximum atomic E-state index is 12.1. The van der Waals surface area contributed by atoms with Crippen LogP contribution in [0.4, 0.5) is 0 Å². The van der Waals surface area contributed by atoms with Crippen LogP contribution >= 0.6 is 0 Å². The Kier molecular flexibility index (Phi) is 5.54. The first kappa shape index (κ1) is 17.4. The Bertz CT molecular complexity index is 334. The minimum atomic E-state index is -0.984. The number of aliphatic hydroxyl groups excluding tert-OH is 1. The van der Waals surface area contributed by atoms with E-state index in [1.807, 2.05) is 41.5 Å². The molecule has 0 bridgehead atoms. The Morgan fingerprint density at radius 2 is 1.95 bits per heavy atom. The minimum Gasteiger partial charge on any atom is -0.356 e. The third-order valence-corrected chi connectivity index (χ3v) is 2.79. The zero-order valence-corrected chi connectivity index (χ0v) is 13.5. The molecule has 1 amide bonds. The van der Waals surface area contributed by atoms with Gasteiger partial charge in [-0.25, -0.2) is 0 Å². The van der Waals surface area contributed by atoms with E-state index in [-0.39, 0.29) is 17.5 Å². The van der Waals surface area contributed by atoms with E-state index in [1.54, 1.807) is 4.90 Å². The monoisotopic (exact) mass is 287 g/mol. The molecule has 0 spiro atoms. The van der Waals surface area contributed by atoms with Gasteiger partial charge in [-0.05, 0) is 41.5 Å². The van der Waals surface area contributed by atoms with Crippen LogP contribution < -0.4 is 10.6 Å². The largest absolute Gasteiger partial charge is 0.356 e. The highest BCUT2D eigenvalue weighted by atomic mass is 16.6. The van der Waals surface area contributed by atoms with Crippen LogP contribution in [-0.2, 0) is 9.53 Å². The molecule has 1 saturated heterocycles. The molecule has 0 aliphatic carbocycles. The van der Waals surface area contributed by atoms with Crippen LogP contribution in [0.5, 0.6) is 0 Å². The summed E-state index contributed by atoms with van der Waals surface area (Å²) in [5.41, 5.74) is -0.685. The van der Waals surface area contributed by atoms with Gasteiger partial charge >= 0.3 is 0 Å². The van der Waals surface area contributed by atoms with Gasteiger partial charge < -0.3 is 20.5 Å². The highest BCUT2D eigenvalue weighted by molar-refractivity contribution is 5.82. The Labute approximate surface area is 121 Å². The third-order valence-electron chi connectivity index (χ3n) is 2.79. The molecule has 0 aromatic rings. The van der Waals surface area contributed by atoms with Crippen LogP contribution in [0.25, 0.3) is 0 Å². The Morgan fingerprint density at radius 1 is 1.35 bits per heavy atom. The van der Waals surface area contributed by atoms with Gasteiger partial charge in [0.05, 0.1) is 11.6 Å². The number of amides is 1. The average Bonchev–Trinajstić information content (AvgIpc) is 2.24. The summed E-state index contributed by atoms with van der Waals surface area (Å²) in [6, 6.07) is -0.332. The number of aliphatic hydroxyl groups is 1. The second kappa shape index (κ2) is 6.39. The predicted molar refractivity (Wildman–Crippen MR) is 78.1 cm³/mol. The molecule has 20 heavy (non-hydrogen) atoms. The zero-order valence-electron chi connectivity index (χ0n) is 13.5. The maximum Gasteiger partial charge on any atom is 0.238 e. The van der Waals surface area contributed by atoms with Gasteiger partial charge in [-0.1, -0.05) is 0 Å². The van der Waals surface area contributed by atoms with E-state index < -0.39 is 12.0 Å². The lowest BCUT2D eigenvalue weighted by Gasteiger charge is -2.38. The van der Waals surface area contributed by atoms with Crippen molar-refractivity contribution in [1.82, 2.24) is 15.5 Å². The van der Waals surface area contributed by atoms with Gasteiger partial charge in [0.25, 0.3) is 0 Å². The summed E-state index contributed by atoms with van der Waals surface area (Å²) in [5.74, 6) is -0.0508. The fraction of sp³-hybridized carbons (Fsp3) is 0.929. The molecule has 1 rings (SSSR count). The molecule has 0 aromatic heterocycles.